The predicted octanol–water partition coefficient (Wildman–Crippen LogP) is 3.58. The van der Waals surface area contributed by atoms with Crippen molar-refractivity contribution in [3.05, 3.63) is 47.5 Å². The van der Waals surface area contributed by atoms with Gasteiger partial charge in [-0.1, -0.05) is 24.2 Å². The minimum Gasteiger partial charge on any atom is -0.495 e. The van der Waals surface area contributed by atoms with Crippen molar-refractivity contribution < 1.29 is 22.5 Å². The predicted molar refractivity (Wildman–Crippen MR) is 97.4 cm³/mol. The van der Waals surface area contributed by atoms with Gasteiger partial charge in [0.1, 0.15) is 10.6 Å². The highest BCUT2D eigenvalue weighted by atomic mass is 35.5. The molecule has 136 valence electrons. The molecular weight excluding hydrogens is 380 g/mol. The Kier molecular flexibility index (Phi) is 4.88. The van der Waals surface area contributed by atoms with E-state index in [-0.39, 0.29) is 27.6 Å². The van der Waals surface area contributed by atoms with E-state index in [4.69, 9.17) is 20.9 Å². The Labute approximate surface area is 154 Å². The highest BCUT2D eigenvalue weighted by Crippen LogP contribution is 2.31. The first-order chi connectivity index (χ1) is 12.4. The summed E-state index contributed by atoms with van der Waals surface area (Å²) in [7, 11) is -2.61. The summed E-state index contributed by atoms with van der Waals surface area (Å²) in [6.45, 7) is 1.92. The number of rotatable bonds is 6. The number of aryl methyl sites for hydroxylation is 1. The van der Waals surface area contributed by atoms with Gasteiger partial charge in [0.25, 0.3) is 15.3 Å². The zero-order valence-corrected chi connectivity index (χ0v) is 15.5. The van der Waals surface area contributed by atoms with E-state index in [0.717, 1.165) is 5.56 Å². The fourth-order valence-electron chi connectivity index (χ4n) is 2.52. The number of methoxy groups -OCH3 is 1. The molecule has 1 aromatic heterocycles. The van der Waals surface area contributed by atoms with Gasteiger partial charge in [-0.15, -0.1) is 0 Å². The molecule has 3 rings (SSSR count). The van der Waals surface area contributed by atoms with E-state index < -0.39 is 15.3 Å². The lowest BCUT2D eigenvalue weighted by atomic mass is 10.2. The molecule has 0 amide bonds. The van der Waals surface area contributed by atoms with E-state index in [1.165, 1.54) is 19.2 Å². The van der Waals surface area contributed by atoms with Crippen LogP contribution in [0.15, 0.2) is 45.8 Å². The molecule has 0 spiro atoms. The van der Waals surface area contributed by atoms with Crippen LogP contribution < -0.4 is 9.46 Å². The van der Waals surface area contributed by atoms with E-state index >= 15 is 0 Å². The normalized spacial score (nSPS) is 11.5. The third kappa shape index (κ3) is 3.25. The molecule has 0 atom stereocenters. The van der Waals surface area contributed by atoms with Crippen molar-refractivity contribution in [3.63, 3.8) is 0 Å². The van der Waals surface area contributed by atoms with Crippen molar-refractivity contribution in [2.45, 2.75) is 18.2 Å². The number of benzene rings is 2. The van der Waals surface area contributed by atoms with Gasteiger partial charge in [-0.3, -0.25) is 9.52 Å². The number of hydrogen-bond donors (Lipinski definition) is 1. The third-order valence-electron chi connectivity index (χ3n) is 3.87. The summed E-state index contributed by atoms with van der Waals surface area (Å²) in [4.78, 5) is 11.4. The second-order valence-electron chi connectivity index (χ2n) is 5.43. The van der Waals surface area contributed by atoms with E-state index in [1.807, 2.05) is 6.92 Å². The summed E-state index contributed by atoms with van der Waals surface area (Å²) < 4.78 is 38.3. The van der Waals surface area contributed by atoms with Crippen LogP contribution >= 0.6 is 11.6 Å². The SMILES string of the molecule is CCc1ccc(OC)c(S(=O)(=O)Nc2noc3c(C(=O)Cl)cccc23)c1. The molecule has 2 aromatic carbocycles. The maximum absolute atomic E-state index is 12.8. The topological polar surface area (TPSA) is 98.5 Å². The Bertz CT molecular complexity index is 1090. The van der Waals surface area contributed by atoms with Crippen LogP contribution in [0.2, 0.25) is 0 Å². The van der Waals surface area contributed by atoms with Gasteiger partial charge in [0.05, 0.1) is 18.1 Å². The first kappa shape index (κ1) is 18.2. The average molecular weight is 395 g/mol. The van der Waals surface area contributed by atoms with Crippen LogP contribution in [0.1, 0.15) is 22.8 Å². The maximum atomic E-state index is 12.8. The lowest BCUT2D eigenvalue weighted by molar-refractivity contribution is 0.108. The minimum atomic E-state index is -4.00. The molecule has 0 saturated carbocycles. The van der Waals surface area contributed by atoms with Gasteiger partial charge < -0.3 is 9.26 Å². The number of sulfonamides is 1. The largest absolute Gasteiger partial charge is 0.495 e. The standard InChI is InChI=1S/C17H15ClN2O5S/c1-3-10-7-8-13(24-2)14(9-10)26(22,23)20-17-12-6-4-5-11(16(18)21)15(12)25-19-17/h4-9H,3H2,1-2H3,(H,19,20). The van der Waals surface area contributed by atoms with Crippen molar-refractivity contribution >= 4 is 43.7 Å². The molecule has 0 aliphatic carbocycles. The second-order valence-corrected chi connectivity index (χ2v) is 7.43. The molecule has 7 nitrogen and oxygen atoms in total. The quantitative estimate of drug-likeness (QED) is 0.641. The first-order valence-corrected chi connectivity index (χ1v) is 9.51. The lowest BCUT2D eigenvalue weighted by Crippen LogP contribution is -2.15. The molecule has 9 heteroatoms. The Hall–Kier alpha value is -2.58. The number of ether oxygens (including phenoxy) is 1. The average Bonchev–Trinajstić information content (AvgIpc) is 3.03. The van der Waals surface area contributed by atoms with Crippen molar-refractivity contribution in [1.82, 2.24) is 5.16 Å². The molecule has 26 heavy (non-hydrogen) atoms. The molecule has 0 unspecified atom stereocenters. The first-order valence-electron chi connectivity index (χ1n) is 7.65. The zero-order valence-electron chi connectivity index (χ0n) is 13.9. The number of anilines is 1. The number of para-hydroxylation sites is 1. The number of carbonyl (C=O) groups excluding carboxylic acids is 1. The molecule has 0 aliphatic rings. The van der Waals surface area contributed by atoms with Crippen LogP contribution in [0, 0.1) is 0 Å². The van der Waals surface area contributed by atoms with Crippen LogP contribution in [0.5, 0.6) is 5.75 Å². The van der Waals surface area contributed by atoms with Crippen LogP contribution in [0.3, 0.4) is 0 Å². The molecule has 0 radical (unpaired) electrons. The van der Waals surface area contributed by atoms with E-state index in [0.29, 0.717) is 11.8 Å². The van der Waals surface area contributed by atoms with Crippen LogP contribution in [-0.4, -0.2) is 25.9 Å². The molecule has 0 aliphatic heterocycles. The van der Waals surface area contributed by atoms with Gasteiger partial charge in [0.15, 0.2) is 11.4 Å². The zero-order chi connectivity index (χ0) is 18.9. The van der Waals surface area contributed by atoms with E-state index in [2.05, 4.69) is 9.88 Å². The maximum Gasteiger partial charge on any atom is 0.266 e. The molecule has 1 N–H and O–H groups in total. The summed E-state index contributed by atoms with van der Waals surface area (Å²) in [6.07, 6.45) is 0.667. The number of carbonyl (C=O) groups is 1. The summed E-state index contributed by atoms with van der Waals surface area (Å²) in [5, 5.41) is 3.33. The summed E-state index contributed by atoms with van der Waals surface area (Å²) in [5.41, 5.74) is 1.05. The highest BCUT2D eigenvalue weighted by Gasteiger charge is 2.24. The summed E-state index contributed by atoms with van der Waals surface area (Å²) in [6, 6.07) is 9.53. The molecule has 0 bridgehead atoms. The number of fused-ring (bicyclic) bond motifs is 1. The van der Waals surface area contributed by atoms with Gasteiger partial charge >= 0.3 is 0 Å². The van der Waals surface area contributed by atoms with E-state index in [9.17, 15) is 13.2 Å². The lowest BCUT2D eigenvalue weighted by Gasteiger charge is -2.11. The van der Waals surface area contributed by atoms with Crippen molar-refractivity contribution in [3.8, 4) is 5.75 Å². The van der Waals surface area contributed by atoms with Crippen molar-refractivity contribution in [2.75, 3.05) is 11.8 Å². The van der Waals surface area contributed by atoms with Gasteiger partial charge in [-0.25, -0.2) is 8.42 Å². The summed E-state index contributed by atoms with van der Waals surface area (Å²) >= 11 is 5.51. The molecule has 3 aromatic rings. The van der Waals surface area contributed by atoms with Gasteiger partial charge in [0, 0.05) is 0 Å². The van der Waals surface area contributed by atoms with Crippen LogP contribution in [-0.2, 0) is 16.4 Å². The smallest absolute Gasteiger partial charge is 0.266 e. The van der Waals surface area contributed by atoms with Crippen molar-refractivity contribution in [2.24, 2.45) is 0 Å². The summed E-state index contributed by atoms with van der Waals surface area (Å²) in [5.74, 6) is 0.169. The van der Waals surface area contributed by atoms with Gasteiger partial charge in [-0.2, -0.15) is 0 Å². The van der Waals surface area contributed by atoms with Gasteiger partial charge in [0.2, 0.25) is 0 Å². The molecule has 0 fully saturated rings. The molecule has 0 saturated heterocycles. The molecule has 1 heterocycles. The Morgan fingerprint density at radius 1 is 1.31 bits per heavy atom. The fourth-order valence-corrected chi connectivity index (χ4v) is 3.91. The Balaban J connectivity index is 2.08. The van der Waals surface area contributed by atoms with Crippen LogP contribution in [0.25, 0.3) is 11.0 Å². The number of hydrogen-bond acceptors (Lipinski definition) is 6. The van der Waals surface area contributed by atoms with Gasteiger partial charge in [-0.05, 0) is 47.9 Å². The van der Waals surface area contributed by atoms with E-state index in [1.54, 1.807) is 24.3 Å². The highest BCUT2D eigenvalue weighted by molar-refractivity contribution is 7.92. The number of nitrogens with one attached hydrogen (secondary N) is 1. The third-order valence-corrected chi connectivity index (χ3v) is 5.43. The fraction of sp³-hybridized carbons (Fsp3) is 0.176. The molecular formula is C17H15ClN2O5S. The minimum absolute atomic E-state index is 0.0138. The Morgan fingerprint density at radius 3 is 2.73 bits per heavy atom. The monoisotopic (exact) mass is 394 g/mol. The number of nitrogens with zero attached hydrogens (tertiary/aromatic N) is 1. The number of halogens is 1. The second kappa shape index (κ2) is 6.97. The Morgan fingerprint density at radius 2 is 2.08 bits per heavy atom. The van der Waals surface area contributed by atoms with Crippen LogP contribution in [0.4, 0.5) is 5.82 Å². The number of aromatic nitrogens is 1. The van der Waals surface area contributed by atoms with Crippen molar-refractivity contribution in [1.29, 1.82) is 0 Å².